The van der Waals surface area contributed by atoms with E-state index in [1.807, 2.05) is 12.1 Å². The van der Waals surface area contributed by atoms with Gasteiger partial charge < -0.3 is 14.8 Å². The van der Waals surface area contributed by atoms with Crippen molar-refractivity contribution in [1.29, 1.82) is 0 Å². The summed E-state index contributed by atoms with van der Waals surface area (Å²) in [5.41, 5.74) is 1.72. The molecule has 1 N–H and O–H groups in total. The first-order valence-electron chi connectivity index (χ1n) is 7.24. The van der Waals surface area contributed by atoms with Gasteiger partial charge in [-0.25, -0.2) is 0 Å². The van der Waals surface area contributed by atoms with Gasteiger partial charge in [-0.15, -0.1) is 0 Å². The lowest BCUT2D eigenvalue weighted by molar-refractivity contribution is -0.384. The molecule has 0 bridgehead atoms. The standard InChI is InChI=1S/C17H18N2O5/c1-23-16-8-3-12(10-17(16)24-2)9-15(18-11-20)13-4-6-14(7-5-13)19(21)22/h3-8,10-11,15H,9H2,1-2H3,(H,18,20). The van der Waals surface area contributed by atoms with E-state index < -0.39 is 4.92 Å². The van der Waals surface area contributed by atoms with Gasteiger partial charge in [-0.2, -0.15) is 0 Å². The predicted molar refractivity (Wildman–Crippen MR) is 88.3 cm³/mol. The van der Waals surface area contributed by atoms with Crippen molar-refractivity contribution in [2.45, 2.75) is 12.5 Å². The molecule has 0 heterocycles. The maximum atomic E-state index is 10.9. The third-order valence-corrected chi connectivity index (χ3v) is 3.66. The number of amides is 1. The number of non-ortho nitro benzene ring substituents is 1. The van der Waals surface area contributed by atoms with Crippen LogP contribution in [-0.2, 0) is 11.2 Å². The normalized spacial score (nSPS) is 11.4. The predicted octanol–water partition coefficient (Wildman–Crippen LogP) is 2.64. The third-order valence-electron chi connectivity index (χ3n) is 3.66. The van der Waals surface area contributed by atoms with E-state index in [2.05, 4.69) is 5.32 Å². The Bertz CT molecular complexity index is 715. The molecular formula is C17H18N2O5. The fourth-order valence-corrected chi connectivity index (χ4v) is 2.43. The topological polar surface area (TPSA) is 90.7 Å². The molecule has 0 aromatic heterocycles. The Morgan fingerprint density at radius 1 is 1.12 bits per heavy atom. The summed E-state index contributed by atoms with van der Waals surface area (Å²) in [6.45, 7) is 0. The van der Waals surface area contributed by atoms with E-state index in [0.717, 1.165) is 11.1 Å². The average Bonchev–Trinajstić information content (AvgIpc) is 2.61. The van der Waals surface area contributed by atoms with Crippen molar-refractivity contribution in [3.63, 3.8) is 0 Å². The summed E-state index contributed by atoms with van der Waals surface area (Å²) in [7, 11) is 3.12. The molecule has 24 heavy (non-hydrogen) atoms. The van der Waals surface area contributed by atoms with Crippen molar-refractivity contribution >= 4 is 12.1 Å². The van der Waals surface area contributed by atoms with E-state index in [9.17, 15) is 14.9 Å². The van der Waals surface area contributed by atoms with Crippen molar-refractivity contribution in [2.24, 2.45) is 0 Å². The molecule has 0 saturated heterocycles. The van der Waals surface area contributed by atoms with Gasteiger partial charge in [0, 0.05) is 12.1 Å². The van der Waals surface area contributed by atoms with Crippen LogP contribution in [0.1, 0.15) is 17.2 Å². The molecule has 0 aliphatic rings. The zero-order valence-corrected chi connectivity index (χ0v) is 13.4. The second-order valence-corrected chi connectivity index (χ2v) is 5.08. The van der Waals surface area contributed by atoms with E-state index >= 15 is 0 Å². The number of nitro groups is 1. The molecule has 0 fully saturated rings. The molecule has 0 aliphatic heterocycles. The zero-order chi connectivity index (χ0) is 17.5. The summed E-state index contributed by atoms with van der Waals surface area (Å²) < 4.78 is 10.5. The van der Waals surface area contributed by atoms with Crippen LogP contribution in [-0.4, -0.2) is 25.6 Å². The number of methoxy groups -OCH3 is 2. The van der Waals surface area contributed by atoms with Crippen molar-refractivity contribution < 1.29 is 19.2 Å². The second kappa shape index (κ2) is 7.96. The van der Waals surface area contributed by atoms with Crippen LogP contribution in [0.3, 0.4) is 0 Å². The van der Waals surface area contributed by atoms with E-state index in [0.29, 0.717) is 24.3 Å². The van der Waals surface area contributed by atoms with Gasteiger partial charge in [0.25, 0.3) is 5.69 Å². The lowest BCUT2D eigenvalue weighted by atomic mass is 9.98. The van der Waals surface area contributed by atoms with Crippen molar-refractivity contribution in [1.82, 2.24) is 5.32 Å². The molecular weight excluding hydrogens is 312 g/mol. The lowest BCUT2D eigenvalue weighted by Crippen LogP contribution is -2.21. The summed E-state index contributed by atoms with van der Waals surface area (Å²) in [6.07, 6.45) is 1.13. The fourth-order valence-electron chi connectivity index (χ4n) is 2.43. The highest BCUT2D eigenvalue weighted by atomic mass is 16.6. The first-order valence-corrected chi connectivity index (χ1v) is 7.24. The molecule has 2 rings (SSSR count). The Morgan fingerprint density at radius 3 is 2.33 bits per heavy atom. The molecule has 0 radical (unpaired) electrons. The van der Waals surface area contributed by atoms with Gasteiger partial charge in [0.15, 0.2) is 11.5 Å². The zero-order valence-electron chi connectivity index (χ0n) is 13.4. The number of carbonyl (C=O) groups is 1. The van der Waals surface area contributed by atoms with Crippen LogP contribution in [0.5, 0.6) is 11.5 Å². The molecule has 1 unspecified atom stereocenters. The lowest BCUT2D eigenvalue weighted by Gasteiger charge is -2.17. The van der Waals surface area contributed by atoms with Crippen molar-refractivity contribution in [3.05, 3.63) is 63.7 Å². The van der Waals surface area contributed by atoms with E-state index in [1.165, 1.54) is 12.1 Å². The van der Waals surface area contributed by atoms with E-state index in [-0.39, 0.29) is 11.7 Å². The number of nitrogens with zero attached hydrogens (tertiary/aromatic N) is 1. The van der Waals surface area contributed by atoms with Crippen LogP contribution in [0, 0.1) is 10.1 Å². The molecule has 7 nitrogen and oxygen atoms in total. The Morgan fingerprint density at radius 2 is 1.79 bits per heavy atom. The van der Waals surface area contributed by atoms with Crippen molar-refractivity contribution in [3.8, 4) is 11.5 Å². The summed E-state index contributed by atoms with van der Waals surface area (Å²) >= 11 is 0. The molecule has 2 aromatic carbocycles. The number of rotatable bonds is 8. The molecule has 1 atom stereocenters. The van der Waals surface area contributed by atoms with Gasteiger partial charge in [-0.1, -0.05) is 18.2 Å². The SMILES string of the molecule is COc1ccc(CC(NC=O)c2ccc([N+](=O)[O-])cc2)cc1OC. The highest BCUT2D eigenvalue weighted by molar-refractivity contribution is 5.49. The Balaban J connectivity index is 2.24. The highest BCUT2D eigenvalue weighted by Gasteiger charge is 2.15. The molecule has 0 saturated carbocycles. The number of carbonyl (C=O) groups excluding carboxylic acids is 1. The van der Waals surface area contributed by atoms with Gasteiger partial charge in [0.2, 0.25) is 6.41 Å². The summed E-state index contributed by atoms with van der Waals surface area (Å²) in [5.74, 6) is 1.22. The number of ether oxygens (including phenoxy) is 2. The second-order valence-electron chi connectivity index (χ2n) is 5.08. The minimum absolute atomic E-state index is 0.00900. The average molecular weight is 330 g/mol. The summed E-state index contributed by atoms with van der Waals surface area (Å²) in [5, 5.41) is 13.5. The number of hydrogen-bond acceptors (Lipinski definition) is 5. The van der Waals surface area contributed by atoms with Crippen LogP contribution >= 0.6 is 0 Å². The van der Waals surface area contributed by atoms with E-state index in [4.69, 9.17) is 9.47 Å². The van der Waals surface area contributed by atoms with E-state index in [1.54, 1.807) is 32.4 Å². The largest absolute Gasteiger partial charge is 0.493 e. The van der Waals surface area contributed by atoms with Gasteiger partial charge in [-0.05, 0) is 29.7 Å². The quantitative estimate of drug-likeness (QED) is 0.456. The number of benzene rings is 2. The summed E-state index contributed by atoms with van der Waals surface area (Å²) in [4.78, 5) is 21.2. The first kappa shape index (κ1) is 17.3. The fraction of sp³-hybridized carbons (Fsp3) is 0.235. The minimum Gasteiger partial charge on any atom is -0.493 e. The van der Waals surface area contributed by atoms with Gasteiger partial charge in [0.05, 0.1) is 25.2 Å². The maximum Gasteiger partial charge on any atom is 0.269 e. The van der Waals surface area contributed by atoms with Crippen LogP contribution < -0.4 is 14.8 Å². The first-order chi connectivity index (χ1) is 11.6. The third kappa shape index (κ3) is 4.01. The number of nitro benzene ring substituents is 1. The van der Waals surface area contributed by atoms with Crippen molar-refractivity contribution in [2.75, 3.05) is 14.2 Å². The Hall–Kier alpha value is -3.09. The molecule has 0 aliphatic carbocycles. The number of hydrogen-bond donors (Lipinski definition) is 1. The molecule has 1 amide bonds. The minimum atomic E-state index is -0.458. The van der Waals surface area contributed by atoms with Crippen LogP contribution in [0.4, 0.5) is 5.69 Å². The highest BCUT2D eigenvalue weighted by Crippen LogP contribution is 2.29. The Labute approximate surface area is 139 Å². The maximum absolute atomic E-state index is 10.9. The molecule has 0 spiro atoms. The van der Waals surface area contributed by atoms with Gasteiger partial charge in [0.1, 0.15) is 0 Å². The number of nitrogens with one attached hydrogen (secondary N) is 1. The molecule has 7 heteroatoms. The molecule has 2 aromatic rings. The smallest absolute Gasteiger partial charge is 0.269 e. The summed E-state index contributed by atoms with van der Waals surface area (Å²) in [6, 6.07) is 11.3. The van der Waals surface area contributed by atoms with Crippen LogP contribution in [0.15, 0.2) is 42.5 Å². The molecule has 126 valence electrons. The van der Waals surface area contributed by atoms with Gasteiger partial charge in [-0.3, -0.25) is 14.9 Å². The monoisotopic (exact) mass is 330 g/mol. The van der Waals surface area contributed by atoms with Crippen LogP contribution in [0.2, 0.25) is 0 Å². The van der Waals surface area contributed by atoms with Gasteiger partial charge >= 0.3 is 0 Å². The van der Waals surface area contributed by atoms with Crippen LogP contribution in [0.25, 0.3) is 0 Å². The Kier molecular flexibility index (Phi) is 5.73.